The molecule has 2 aliphatic carbocycles. The van der Waals surface area contributed by atoms with Gasteiger partial charge in [-0.05, 0) is 11.8 Å². The molecular weight excluding hydrogens is 152 g/mol. The van der Waals surface area contributed by atoms with Crippen LogP contribution in [0.2, 0.25) is 0 Å². The van der Waals surface area contributed by atoms with E-state index in [9.17, 15) is 9.90 Å². The van der Waals surface area contributed by atoms with Crippen LogP contribution in [-0.2, 0) is 4.79 Å². The molecular formula is C10H16O2. The van der Waals surface area contributed by atoms with Gasteiger partial charge in [0.25, 0.3) is 0 Å². The Kier molecular flexibility index (Phi) is 1.32. The molecule has 0 saturated heterocycles. The number of Topliss-reactive ketones (excluding diaryl/α,β-unsaturated/α-hetero) is 1. The largest absolute Gasteiger partial charge is 0.393 e. The van der Waals surface area contributed by atoms with Crippen LogP contribution in [0, 0.1) is 16.7 Å². The average molecular weight is 168 g/mol. The van der Waals surface area contributed by atoms with Crippen LogP contribution in [-0.4, -0.2) is 17.0 Å². The third-order valence-corrected chi connectivity index (χ3v) is 4.47. The summed E-state index contributed by atoms with van der Waals surface area (Å²) < 4.78 is 0. The Hall–Kier alpha value is -0.370. The molecule has 2 nitrogen and oxygen atoms in total. The van der Waals surface area contributed by atoms with Crippen molar-refractivity contribution in [2.24, 2.45) is 16.7 Å². The highest BCUT2D eigenvalue weighted by molar-refractivity contribution is 5.87. The van der Waals surface area contributed by atoms with E-state index in [2.05, 4.69) is 13.8 Å². The number of hydrogen-bond donors (Lipinski definition) is 1. The number of aliphatic hydroxyl groups is 1. The molecule has 0 aromatic heterocycles. The number of fused-ring (bicyclic) bond motifs is 2. The molecule has 2 rings (SSSR count). The van der Waals surface area contributed by atoms with Crippen molar-refractivity contribution in [3.63, 3.8) is 0 Å². The SMILES string of the molecule is CC1(C)[C@H]2C[C@H](O)[C@]1(C)CC2=O. The van der Waals surface area contributed by atoms with E-state index in [0.29, 0.717) is 18.6 Å². The molecule has 2 fully saturated rings. The molecule has 68 valence electrons. The molecule has 0 aromatic carbocycles. The van der Waals surface area contributed by atoms with Crippen LogP contribution < -0.4 is 0 Å². The van der Waals surface area contributed by atoms with Crippen molar-refractivity contribution in [2.45, 2.75) is 39.7 Å². The van der Waals surface area contributed by atoms with Crippen LogP contribution in [0.25, 0.3) is 0 Å². The van der Waals surface area contributed by atoms with E-state index in [1.807, 2.05) is 6.92 Å². The lowest BCUT2D eigenvalue weighted by atomic mass is 9.70. The standard InChI is InChI=1S/C10H16O2/c1-9(2)6-4-8(12)10(9,3)5-7(6)11/h6,8,12H,4-5H2,1-3H3/t6-,8-,10-/m0/s1. The lowest BCUT2D eigenvalue weighted by Gasteiger charge is -2.35. The Morgan fingerprint density at radius 2 is 2.00 bits per heavy atom. The zero-order valence-electron chi connectivity index (χ0n) is 7.92. The number of carbonyl (C=O) groups is 1. The van der Waals surface area contributed by atoms with E-state index in [-0.39, 0.29) is 22.9 Å². The average Bonchev–Trinajstić information content (AvgIpc) is 2.18. The quantitative estimate of drug-likeness (QED) is 0.593. The van der Waals surface area contributed by atoms with Crippen molar-refractivity contribution in [2.75, 3.05) is 0 Å². The first-order valence-electron chi connectivity index (χ1n) is 4.60. The summed E-state index contributed by atoms with van der Waals surface area (Å²) in [5, 5.41) is 9.78. The third kappa shape index (κ3) is 0.634. The summed E-state index contributed by atoms with van der Waals surface area (Å²) >= 11 is 0. The summed E-state index contributed by atoms with van der Waals surface area (Å²) in [6, 6.07) is 0. The second kappa shape index (κ2) is 1.92. The van der Waals surface area contributed by atoms with Gasteiger partial charge in [0.05, 0.1) is 6.10 Å². The summed E-state index contributed by atoms with van der Waals surface area (Å²) in [4.78, 5) is 11.5. The molecule has 0 spiro atoms. The molecule has 0 amide bonds. The fraction of sp³-hybridized carbons (Fsp3) is 0.900. The highest BCUT2D eigenvalue weighted by Crippen LogP contribution is 2.63. The third-order valence-electron chi connectivity index (χ3n) is 4.47. The Balaban J connectivity index is 2.47. The first-order chi connectivity index (χ1) is 5.39. The highest BCUT2D eigenvalue weighted by atomic mass is 16.3. The number of carbonyl (C=O) groups excluding carboxylic acids is 1. The van der Waals surface area contributed by atoms with Gasteiger partial charge in [-0.1, -0.05) is 20.8 Å². The Bertz CT molecular complexity index is 244. The van der Waals surface area contributed by atoms with E-state index in [1.165, 1.54) is 0 Å². The maximum absolute atomic E-state index is 11.5. The maximum atomic E-state index is 11.5. The summed E-state index contributed by atoms with van der Waals surface area (Å²) in [6.45, 7) is 6.26. The van der Waals surface area contributed by atoms with E-state index in [4.69, 9.17) is 0 Å². The smallest absolute Gasteiger partial charge is 0.137 e. The van der Waals surface area contributed by atoms with E-state index in [0.717, 1.165) is 0 Å². The van der Waals surface area contributed by atoms with Gasteiger partial charge in [0.15, 0.2) is 0 Å². The molecule has 3 atom stereocenters. The summed E-state index contributed by atoms with van der Waals surface area (Å²) in [5.41, 5.74) is -0.155. The van der Waals surface area contributed by atoms with Crippen molar-refractivity contribution < 1.29 is 9.90 Å². The Labute approximate surface area is 73.0 Å². The Morgan fingerprint density at radius 3 is 2.25 bits per heavy atom. The van der Waals surface area contributed by atoms with Crippen LogP contribution in [0.15, 0.2) is 0 Å². The predicted molar refractivity (Wildman–Crippen MR) is 45.6 cm³/mol. The van der Waals surface area contributed by atoms with Gasteiger partial charge in [0.1, 0.15) is 5.78 Å². The second-order valence-electron chi connectivity index (χ2n) is 5.09. The van der Waals surface area contributed by atoms with Crippen molar-refractivity contribution in [1.29, 1.82) is 0 Å². The second-order valence-corrected chi connectivity index (χ2v) is 5.09. The van der Waals surface area contributed by atoms with Gasteiger partial charge in [-0.2, -0.15) is 0 Å². The maximum Gasteiger partial charge on any atom is 0.137 e. The van der Waals surface area contributed by atoms with Crippen molar-refractivity contribution in [1.82, 2.24) is 0 Å². The summed E-state index contributed by atoms with van der Waals surface area (Å²) in [7, 11) is 0. The molecule has 0 aromatic rings. The highest BCUT2D eigenvalue weighted by Gasteiger charge is 2.65. The molecule has 0 unspecified atom stereocenters. The van der Waals surface area contributed by atoms with Gasteiger partial charge in [0, 0.05) is 17.8 Å². The first kappa shape index (κ1) is 8.24. The first-order valence-corrected chi connectivity index (χ1v) is 4.60. The van der Waals surface area contributed by atoms with E-state index < -0.39 is 0 Å². The van der Waals surface area contributed by atoms with Crippen LogP contribution in [0.3, 0.4) is 0 Å². The topological polar surface area (TPSA) is 37.3 Å². The fourth-order valence-electron chi connectivity index (χ4n) is 2.97. The minimum Gasteiger partial charge on any atom is -0.393 e. The number of rotatable bonds is 0. The molecule has 2 heteroatoms. The molecule has 12 heavy (non-hydrogen) atoms. The summed E-state index contributed by atoms with van der Waals surface area (Å²) in [5.74, 6) is 0.463. The van der Waals surface area contributed by atoms with Gasteiger partial charge in [-0.15, -0.1) is 0 Å². The normalized spacial score (nSPS) is 50.2. The van der Waals surface area contributed by atoms with Crippen molar-refractivity contribution in [3.8, 4) is 0 Å². The zero-order chi connectivity index (χ0) is 9.15. The predicted octanol–water partition coefficient (Wildman–Crippen LogP) is 1.37. The lowest BCUT2D eigenvalue weighted by Crippen LogP contribution is -2.35. The number of hydrogen-bond acceptors (Lipinski definition) is 2. The number of ketones is 1. The minimum absolute atomic E-state index is 0.00347. The van der Waals surface area contributed by atoms with Crippen molar-refractivity contribution >= 4 is 5.78 Å². The van der Waals surface area contributed by atoms with Gasteiger partial charge in [0.2, 0.25) is 0 Å². The molecule has 0 heterocycles. The van der Waals surface area contributed by atoms with Crippen LogP contribution in [0.4, 0.5) is 0 Å². The molecule has 0 aliphatic heterocycles. The monoisotopic (exact) mass is 168 g/mol. The van der Waals surface area contributed by atoms with Gasteiger partial charge in [-0.25, -0.2) is 0 Å². The summed E-state index contributed by atoms with van der Waals surface area (Å²) in [6.07, 6.45) is 0.990. The molecule has 0 radical (unpaired) electrons. The van der Waals surface area contributed by atoms with Gasteiger partial charge >= 0.3 is 0 Å². The minimum atomic E-state index is -0.268. The van der Waals surface area contributed by atoms with Crippen LogP contribution in [0.1, 0.15) is 33.6 Å². The van der Waals surface area contributed by atoms with Crippen LogP contribution in [0.5, 0.6) is 0 Å². The van der Waals surface area contributed by atoms with Crippen molar-refractivity contribution in [3.05, 3.63) is 0 Å². The van der Waals surface area contributed by atoms with E-state index >= 15 is 0 Å². The lowest BCUT2D eigenvalue weighted by molar-refractivity contribution is -0.124. The Morgan fingerprint density at radius 1 is 1.42 bits per heavy atom. The van der Waals surface area contributed by atoms with Crippen LogP contribution >= 0.6 is 0 Å². The van der Waals surface area contributed by atoms with Gasteiger partial charge in [-0.3, -0.25) is 4.79 Å². The molecule has 1 N–H and O–H groups in total. The number of aliphatic hydroxyl groups excluding tert-OH is 1. The van der Waals surface area contributed by atoms with E-state index in [1.54, 1.807) is 0 Å². The molecule has 2 bridgehead atoms. The molecule has 2 saturated carbocycles. The molecule has 2 aliphatic rings. The fourth-order valence-corrected chi connectivity index (χ4v) is 2.97. The zero-order valence-corrected chi connectivity index (χ0v) is 7.92. The van der Waals surface area contributed by atoms with Gasteiger partial charge < -0.3 is 5.11 Å².